The molecule has 2 nitrogen and oxygen atoms in total. The summed E-state index contributed by atoms with van der Waals surface area (Å²) in [6.07, 6.45) is 4.08. The second-order valence-corrected chi connectivity index (χ2v) is 5.85. The van der Waals surface area contributed by atoms with Gasteiger partial charge in [-0.25, -0.2) is 0 Å². The van der Waals surface area contributed by atoms with Crippen LogP contribution in [-0.4, -0.2) is 18.3 Å². The number of hydrogen-bond donors (Lipinski definition) is 1. The molecule has 0 atom stereocenters. The highest BCUT2D eigenvalue weighted by Gasteiger charge is 2.04. The van der Waals surface area contributed by atoms with E-state index in [1.807, 2.05) is 30.3 Å². The third-order valence-electron chi connectivity index (χ3n) is 3.35. The molecule has 0 aliphatic heterocycles. The largest absolute Gasteiger partial charge is 0.494 e. The lowest BCUT2D eigenvalue weighted by Gasteiger charge is -2.09. The molecule has 0 spiro atoms. The molecule has 0 bridgehead atoms. The first kappa shape index (κ1) is 16.1. The molecule has 0 aliphatic rings. The number of aliphatic hydroxyl groups excluding tert-OH is 1. The molecule has 0 fully saturated rings. The average Bonchev–Trinajstić information content (AvgIpc) is 2.52. The molecule has 0 saturated heterocycles. The standard InChI is InChI=1S/C18H21BrO2/c19-18-14-16(21-13-7-2-1-6-12-20)10-11-17(18)15-8-4-3-5-9-15/h3-5,8-11,14,20H,1-2,6-7,12-13H2. The van der Waals surface area contributed by atoms with E-state index in [0.29, 0.717) is 0 Å². The van der Waals surface area contributed by atoms with Crippen LogP contribution in [0.5, 0.6) is 5.75 Å². The first-order valence-electron chi connectivity index (χ1n) is 7.40. The molecule has 0 aromatic heterocycles. The van der Waals surface area contributed by atoms with Crippen LogP contribution in [0.2, 0.25) is 0 Å². The van der Waals surface area contributed by atoms with Gasteiger partial charge in [-0.15, -0.1) is 0 Å². The second kappa shape index (κ2) is 8.85. The van der Waals surface area contributed by atoms with Gasteiger partial charge in [0.1, 0.15) is 5.75 Å². The zero-order valence-electron chi connectivity index (χ0n) is 12.1. The first-order valence-corrected chi connectivity index (χ1v) is 8.19. The number of rotatable bonds is 8. The molecular formula is C18H21BrO2. The number of aliphatic hydroxyl groups is 1. The smallest absolute Gasteiger partial charge is 0.120 e. The molecule has 2 rings (SSSR count). The number of ether oxygens (including phenoxy) is 1. The van der Waals surface area contributed by atoms with Gasteiger partial charge < -0.3 is 9.84 Å². The Morgan fingerprint density at radius 3 is 2.38 bits per heavy atom. The molecule has 1 N–H and O–H groups in total. The van der Waals surface area contributed by atoms with E-state index in [1.165, 1.54) is 11.1 Å². The second-order valence-electron chi connectivity index (χ2n) is 4.99. The van der Waals surface area contributed by atoms with E-state index in [4.69, 9.17) is 9.84 Å². The number of benzene rings is 2. The minimum Gasteiger partial charge on any atom is -0.494 e. The van der Waals surface area contributed by atoms with Crippen molar-refractivity contribution in [3.63, 3.8) is 0 Å². The zero-order chi connectivity index (χ0) is 14.9. The van der Waals surface area contributed by atoms with Crippen molar-refractivity contribution >= 4 is 15.9 Å². The Kier molecular flexibility index (Phi) is 6.77. The van der Waals surface area contributed by atoms with Gasteiger partial charge >= 0.3 is 0 Å². The summed E-state index contributed by atoms with van der Waals surface area (Å²) < 4.78 is 6.81. The van der Waals surface area contributed by atoms with Gasteiger partial charge in [-0.05, 0) is 48.6 Å². The molecule has 0 amide bonds. The lowest BCUT2D eigenvalue weighted by molar-refractivity contribution is 0.273. The Morgan fingerprint density at radius 1 is 0.905 bits per heavy atom. The van der Waals surface area contributed by atoms with E-state index in [0.717, 1.165) is 42.5 Å². The van der Waals surface area contributed by atoms with Crippen LogP contribution in [0.15, 0.2) is 53.0 Å². The first-order chi connectivity index (χ1) is 10.3. The molecule has 2 aromatic rings. The fourth-order valence-corrected chi connectivity index (χ4v) is 2.78. The van der Waals surface area contributed by atoms with E-state index in [9.17, 15) is 0 Å². The monoisotopic (exact) mass is 348 g/mol. The summed E-state index contributed by atoms with van der Waals surface area (Å²) in [6, 6.07) is 16.4. The molecule has 3 heteroatoms. The molecule has 0 radical (unpaired) electrons. The average molecular weight is 349 g/mol. The predicted octanol–water partition coefficient (Wildman–Crippen LogP) is 5.05. The highest BCUT2D eigenvalue weighted by atomic mass is 79.9. The minimum atomic E-state index is 0.286. The Hall–Kier alpha value is -1.32. The van der Waals surface area contributed by atoms with Gasteiger partial charge in [-0.2, -0.15) is 0 Å². The van der Waals surface area contributed by atoms with Crippen LogP contribution in [0.3, 0.4) is 0 Å². The zero-order valence-corrected chi connectivity index (χ0v) is 13.7. The Labute approximate surface area is 134 Å². The van der Waals surface area contributed by atoms with Crippen molar-refractivity contribution in [2.75, 3.05) is 13.2 Å². The molecule has 21 heavy (non-hydrogen) atoms. The van der Waals surface area contributed by atoms with E-state index >= 15 is 0 Å². The van der Waals surface area contributed by atoms with Gasteiger partial charge in [0.2, 0.25) is 0 Å². The van der Waals surface area contributed by atoms with Crippen LogP contribution in [0.4, 0.5) is 0 Å². The van der Waals surface area contributed by atoms with Crippen molar-refractivity contribution in [3.05, 3.63) is 53.0 Å². The van der Waals surface area contributed by atoms with Crippen LogP contribution < -0.4 is 4.74 Å². The molecule has 2 aromatic carbocycles. The Bertz CT molecular complexity index is 540. The Balaban J connectivity index is 1.88. The van der Waals surface area contributed by atoms with Gasteiger partial charge in [0.05, 0.1) is 6.61 Å². The molecular weight excluding hydrogens is 328 g/mol. The van der Waals surface area contributed by atoms with Gasteiger partial charge in [0, 0.05) is 11.1 Å². The van der Waals surface area contributed by atoms with Crippen LogP contribution in [0, 0.1) is 0 Å². The van der Waals surface area contributed by atoms with Crippen molar-refractivity contribution in [1.82, 2.24) is 0 Å². The fourth-order valence-electron chi connectivity index (χ4n) is 2.19. The summed E-state index contributed by atoms with van der Waals surface area (Å²) in [5, 5.41) is 8.71. The number of unbranched alkanes of at least 4 members (excludes halogenated alkanes) is 3. The molecule has 112 valence electrons. The molecule has 0 saturated carbocycles. The SMILES string of the molecule is OCCCCCCOc1ccc(-c2ccccc2)c(Br)c1. The fraction of sp³-hybridized carbons (Fsp3) is 0.333. The van der Waals surface area contributed by atoms with Crippen molar-refractivity contribution in [2.45, 2.75) is 25.7 Å². The Morgan fingerprint density at radius 2 is 1.67 bits per heavy atom. The van der Waals surface area contributed by atoms with Gasteiger partial charge in [0.15, 0.2) is 0 Å². The predicted molar refractivity (Wildman–Crippen MR) is 90.6 cm³/mol. The number of halogens is 1. The van der Waals surface area contributed by atoms with Crippen molar-refractivity contribution in [3.8, 4) is 16.9 Å². The van der Waals surface area contributed by atoms with Crippen LogP contribution in [-0.2, 0) is 0 Å². The van der Waals surface area contributed by atoms with Crippen LogP contribution >= 0.6 is 15.9 Å². The number of hydrogen-bond acceptors (Lipinski definition) is 2. The van der Waals surface area contributed by atoms with Gasteiger partial charge in [-0.3, -0.25) is 0 Å². The highest BCUT2D eigenvalue weighted by molar-refractivity contribution is 9.10. The quantitative estimate of drug-likeness (QED) is 0.676. The summed E-state index contributed by atoms with van der Waals surface area (Å²) in [7, 11) is 0. The van der Waals surface area contributed by atoms with Crippen molar-refractivity contribution < 1.29 is 9.84 Å². The minimum absolute atomic E-state index is 0.286. The van der Waals surface area contributed by atoms with Crippen molar-refractivity contribution in [2.24, 2.45) is 0 Å². The molecule has 0 aliphatic carbocycles. The molecule has 0 heterocycles. The van der Waals surface area contributed by atoms with E-state index in [-0.39, 0.29) is 6.61 Å². The van der Waals surface area contributed by atoms with Gasteiger partial charge in [0.25, 0.3) is 0 Å². The summed E-state index contributed by atoms with van der Waals surface area (Å²) in [4.78, 5) is 0. The lowest BCUT2D eigenvalue weighted by Crippen LogP contribution is -1.97. The maximum Gasteiger partial charge on any atom is 0.120 e. The van der Waals surface area contributed by atoms with Crippen LogP contribution in [0.25, 0.3) is 11.1 Å². The van der Waals surface area contributed by atoms with E-state index < -0.39 is 0 Å². The highest BCUT2D eigenvalue weighted by Crippen LogP contribution is 2.31. The summed E-state index contributed by atoms with van der Waals surface area (Å²) in [5.74, 6) is 0.892. The summed E-state index contributed by atoms with van der Waals surface area (Å²) in [6.45, 7) is 1.01. The molecule has 0 unspecified atom stereocenters. The normalized spacial score (nSPS) is 10.6. The summed E-state index contributed by atoms with van der Waals surface area (Å²) in [5.41, 5.74) is 2.37. The van der Waals surface area contributed by atoms with Gasteiger partial charge in [-0.1, -0.05) is 52.7 Å². The van der Waals surface area contributed by atoms with Crippen LogP contribution in [0.1, 0.15) is 25.7 Å². The lowest BCUT2D eigenvalue weighted by atomic mass is 10.1. The van der Waals surface area contributed by atoms with Crippen molar-refractivity contribution in [1.29, 1.82) is 0 Å². The maximum absolute atomic E-state index is 8.71. The third kappa shape index (κ3) is 5.18. The summed E-state index contributed by atoms with van der Waals surface area (Å²) >= 11 is 3.62. The maximum atomic E-state index is 8.71. The third-order valence-corrected chi connectivity index (χ3v) is 4.00. The van der Waals surface area contributed by atoms with E-state index in [2.05, 4.69) is 34.1 Å². The topological polar surface area (TPSA) is 29.5 Å². The van der Waals surface area contributed by atoms with E-state index in [1.54, 1.807) is 0 Å².